The number of nitrogens with one attached hydrogen (secondary N) is 3. The second-order valence-corrected chi connectivity index (χ2v) is 8.13. The topological polar surface area (TPSA) is 169 Å². The molecule has 0 bridgehead atoms. The van der Waals surface area contributed by atoms with E-state index < -0.39 is 54.1 Å². The lowest BCUT2D eigenvalue weighted by Crippen LogP contribution is -2.55. The Labute approximate surface area is 198 Å². The summed E-state index contributed by atoms with van der Waals surface area (Å²) in [5, 5.41) is 16.6. The van der Waals surface area contributed by atoms with Crippen molar-refractivity contribution in [3.05, 3.63) is 18.7 Å². The molecule has 0 aliphatic carbocycles. The van der Waals surface area contributed by atoms with Crippen LogP contribution < -0.4 is 16.0 Å². The molecule has 12 heteroatoms. The Balaban J connectivity index is 2.56. The summed E-state index contributed by atoms with van der Waals surface area (Å²) >= 11 is 0. The molecule has 190 valence electrons. The van der Waals surface area contributed by atoms with Crippen LogP contribution in [-0.4, -0.2) is 69.6 Å². The van der Waals surface area contributed by atoms with Gasteiger partial charge in [0.15, 0.2) is 0 Å². The number of carbonyl (C=O) groups is 5. The van der Waals surface area contributed by atoms with Crippen LogP contribution in [0, 0.1) is 5.92 Å². The highest BCUT2D eigenvalue weighted by atomic mass is 16.6. The molecule has 1 aromatic rings. The minimum atomic E-state index is -1.39. The van der Waals surface area contributed by atoms with Gasteiger partial charge >= 0.3 is 17.9 Å². The molecule has 0 fully saturated rings. The van der Waals surface area contributed by atoms with Gasteiger partial charge in [0.2, 0.25) is 11.8 Å². The van der Waals surface area contributed by atoms with Crippen LogP contribution in [0.3, 0.4) is 0 Å². The number of rotatable bonds is 16. The Kier molecular flexibility index (Phi) is 13.1. The molecule has 12 nitrogen and oxygen atoms in total. The van der Waals surface area contributed by atoms with Gasteiger partial charge in [-0.1, -0.05) is 27.2 Å². The van der Waals surface area contributed by atoms with Gasteiger partial charge in [0.25, 0.3) is 0 Å². The van der Waals surface area contributed by atoms with E-state index >= 15 is 0 Å². The minimum Gasteiger partial charge on any atom is -0.481 e. The highest BCUT2D eigenvalue weighted by Crippen LogP contribution is 2.09. The molecule has 1 heterocycles. The highest BCUT2D eigenvalue weighted by molar-refractivity contribution is 5.95. The Morgan fingerprint density at radius 2 is 1.82 bits per heavy atom. The van der Waals surface area contributed by atoms with Crippen molar-refractivity contribution >= 4 is 29.7 Å². The first-order valence-electron chi connectivity index (χ1n) is 11.4. The number of hydrogen-bond donors (Lipinski definition) is 4. The minimum absolute atomic E-state index is 0.0521. The number of imidazole rings is 1. The molecular formula is C22H35N5O7. The maximum absolute atomic E-state index is 12.6. The molecule has 1 rings (SSSR count). The zero-order valence-electron chi connectivity index (χ0n) is 19.9. The van der Waals surface area contributed by atoms with E-state index in [-0.39, 0.29) is 13.0 Å². The Bertz CT molecular complexity index is 811. The Morgan fingerprint density at radius 1 is 1.09 bits per heavy atom. The Morgan fingerprint density at radius 3 is 2.41 bits per heavy atom. The molecule has 0 saturated heterocycles. The normalized spacial score (nSPS) is 12.6. The molecule has 34 heavy (non-hydrogen) atoms. The fraction of sp³-hybridized carbons (Fsp3) is 0.636. The summed E-state index contributed by atoms with van der Waals surface area (Å²) in [7, 11) is 0. The van der Waals surface area contributed by atoms with Crippen LogP contribution in [0.2, 0.25) is 0 Å². The number of unbranched alkanes of at least 4 members (excludes halogenated alkanes) is 2. The van der Waals surface area contributed by atoms with E-state index in [0.717, 1.165) is 19.4 Å². The molecule has 0 spiro atoms. The predicted molar refractivity (Wildman–Crippen MR) is 121 cm³/mol. The Hall–Kier alpha value is -3.28. The van der Waals surface area contributed by atoms with E-state index in [2.05, 4.69) is 20.9 Å². The van der Waals surface area contributed by atoms with Crippen LogP contribution in [0.4, 0.5) is 0 Å². The average Bonchev–Trinajstić information content (AvgIpc) is 3.28. The van der Waals surface area contributed by atoms with Crippen LogP contribution in [0.25, 0.3) is 0 Å². The number of nitrogens with zero attached hydrogens (tertiary/aromatic N) is 2. The van der Waals surface area contributed by atoms with E-state index in [9.17, 15) is 24.0 Å². The number of aromatic nitrogens is 2. The summed E-state index contributed by atoms with van der Waals surface area (Å²) < 4.78 is 6.83. The lowest BCUT2D eigenvalue weighted by atomic mass is 10.0. The van der Waals surface area contributed by atoms with E-state index in [1.54, 1.807) is 33.3 Å². The molecule has 0 aromatic carbocycles. The van der Waals surface area contributed by atoms with Gasteiger partial charge in [-0.2, -0.15) is 0 Å². The number of likely N-dealkylation sites (N-methyl/N-ethyl adjacent to an activating group) is 1. The number of carbonyl (C=O) groups excluding carboxylic acids is 4. The van der Waals surface area contributed by atoms with Gasteiger partial charge in [-0.25, -0.2) is 9.78 Å². The van der Waals surface area contributed by atoms with E-state index in [1.807, 2.05) is 10.8 Å². The van der Waals surface area contributed by atoms with Crippen LogP contribution in [0.15, 0.2) is 18.7 Å². The molecule has 0 saturated carbocycles. The third kappa shape index (κ3) is 11.5. The number of amides is 2. The van der Waals surface area contributed by atoms with Crippen molar-refractivity contribution in [1.29, 1.82) is 0 Å². The number of aryl methyl sites for hydroxylation is 1. The van der Waals surface area contributed by atoms with Crippen molar-refractivity contribution in [2.75, 3.05) is 13.1 Å². The summed E-state index contributed by atoms with van der Waals surface area (Å²) in [5.74, 6) is -4.78. The van der Waals surface area contributed by atoms with E-state index in [0.29, 0.717) is 13.0 Å². The fourth-order valence-electron chi connectivity index (χ4n) is 3.01. The van der Waals surface area contributed by atoms with Crippen molar-refractivity contribution in [2.45, 2.75) is 71.5 Å². The SMILES string of the molecule is CCNCC(=O)N[C@@H](CC(=O)O)C(=O)N[C@H](C(=O)OC(=O)CCCCCn1ccnc1)C(C)C. The van der Waals surface area contributed by atoms with Crippen LogP contribution >= 0.6 is 0 Å². The average molecular weight is 482 g/mol. The van der Waals surface area contributed by atoms with Crippen molar-refractivity contribution in [2.24, 2.45) is 5.92 Å². The second kappa shape index (κ2) is 15.5. The van der Waals surface area contributed by atoms with Gasteiger partial charge in [0, 0.05) is 25.4 Å². The van der Waals surface area contributed by atoms with Gasteiger partial charge in [-0.15, -0.1) is 0 Å². The van der Waals surface area contributed by atoms with Crippen LogP contribution in [-0.2, 0) is 35.3 Å². The summed E-state index contributed by atoms with van der Waals surface area (Å²) in [6.45, 7) is 6.27. The third-order valence-electron chi connectivity index (χ3n) is 4.86. The number of esters is 2. The first kappa shape index (κ1) is 28.8. The maximum atomic E-state index is 12.6. The smallest absolute Gasteiger partial charge is 0.336 e. The quantitative estimate of drug-likeness (QED) is 0.147. The zero-order chi connectivity index (χ0) is 25.5. The second-order valence-electron chi connectivity index (χ2n) is 8.13. The molecule has 2 atom stereocenters. The molecule has 0 aliphatic heterocycles. The summed E-state index contributed by atoms with van der Waals surface area (Å²) in [6, 6.07) is -2.57. The predicted octanol–water partition coefficient (Wildman–Crippen LogP) is 0.223. The molecule has 0 unspecified atom stereocenters. The zero-order valence-corrected chi connectivity index (χ0v) is 19.9. The number of hydrogen-bond acceptors (Lipinski definition) is 8. The lowest BCUT2D eigenvalue weighted by molar-refractivity contribution is -0.162. The van der Waals surface area contributed by atoms with E-state index in [4.69, 9.17) is 9.84 Å². The summed E-state index contributed by atoms with van der Waals surface area (Å²) in [5.41, 5.74) is 0. The first-order chi connectivity index (χ1) is 16.1. The van der Waals surface area contributed by atoms with Crippen molar-refractivity contribution in [1.82, 2.24) is 25.5 Å². The number of carboxylic acid groups (broad SMARTS) is 1. The highest BCUT2D eigenvalue weighted by Gasteiger charge is 2.31. The van der Waals surface area contributed by atoms with Gasteiger partial charge in [-0.3, -0.25) is 19.2 Å². The van der Waals surface area contributed by atoms with Crippen LogP contribution in [0.5, 0.6) is 0 Å². The maximum Gasteiger partial charge on any atom is 0.336 e. The van der Waals surface area contributed by atoms with Gasteiger partial charge < -0.3 is 30.4 Å². The van der Waals surface area contributed by atoms with Crippen LogP contribution in [0.1, 0.15) is 52.9 Å². The van der Waals surface area contributed by atoms with Crippen molar-refractivity contribution in [3.63, 3.8) is 0 Å². The molecule has 1 aromatic heterocycles. The van der Waals surface area contributed by atoms with Crippen molar-refractivity contribution in [3.8, 4) is 0 Å². The monoisotopic (exact) mass is 481 g/mol. The fourth-order valence-corrected chi connectivity index (χ4v) is 3.01. The lowest BCUT2D eigenvalue weighted by Gasteiger charge is -2.23. The van der Waals surface area contributed by atoms with Gasteiger partial charge in [-0.05, 0) is 25.3 Å². The largest absolute Gasteiger partial charge is 0.481 e. The molecular weight excluding hydrogens is 446 g/mol. The summed E-state index contributed by atoms with van der Waals surface area (Å²) in [6.07, 6.45) is 6.77. The standard InChI is InChI=1S/C22H35N5O7/c1-4-23-13-17(28)25-16(12-18(29)30)21(32)26-20(15(2)3)22(33)34-19(31)8-6-5-7-10-27-11-9-24-14-27/h9,11,14-16,20,23H,4-8,10,12-13H2,1-3H3,(H,25,28)(H,26,32)(H,29,30)/t16-,20-/m0/s1. The molecule has 4 N–H and O–H groups in total. The summed E-state index contributed by atoms with van der Waals surface area (Å²) in [4.78, 5) is 64.2. The van der Waals surface area contributed by atoms with Gasteiger partial charge in [0.05, 0.1) is 19.3 Å². The van der Waals surface area contributed by atoms with E-state index in [1.165, 1.54) is 0 Å². The number of carboxylic acids is 1. The number of ether oxygens (including phenoxy) is 1. The van der Waals surface area contributed by atoms with Gasteiger partial charge in [0.1, 0.15) is 12.1 Å². The third-order valence-corrected chi connectivity index (χ3v) is 4.86. The molecule has 0 radical (unpaired) electrons. The molecule has 2 amide bonds. The van der Waals surface area contributed by atoms with Crippen molar-refractivity contribution < 1.29 is 33.8 Å². The first-order valence-corrected chi connectivity index (χ1v) is 11.4. The molecule has 0 aliphatic rings. The number of aliphatic carboxylic acids is 1.